The van der Waals surface area contributed by atoms with Gasteiger partial charge in [0.2, 0.25) is 0 Å². The Kier molecular flexibility index (Phi) is 8.96. The van der Waals surface area contributed by atoms with Gasteiger partial charge in [0.05, 0.1) is 17.8 Å². The highest BCUT2D eigenvalue weighted by Crippen LogP contribution is 2.53. The molecule has 14 heteroatoms. The van der Waals surface area contributed by atoms with Crippen LogP contribution >= 0.6 is 0 Å². The van der Waals surface area contributed by atoms with E-state index in [9.17, 15) is 35.5 Å². The highest BCUT2D eigenvalue weighted by Gasteiger charge is 2.63. The van der Waals surface area contributed by atoms with E-state index in [2.05, 4.69) is 20.7 Å². The van der Waals surface area contributed by atoms with Crippen LogP contribution in [0.15, 0.2) is 42.5 Å². The molecular formula is C30H34F7N3O4. The van der Waals surface area contributed by atoms with Crippen molar-refractivity contribution in [3.8, 4) is 11.5 Å². The first-order chi connectivity index (χ1) is 20.7. The smallest absolute Gasteiger partial charge is 0.472 e. The van der Waals surface area contributed by atoms with Crippen molar-refractivity contribution in [2.24, 2.45) is 5.92 Å². The van der Waals surface area contributed by atoms with Gasteiger partial charge in [-0.1, -0.05) is 37.5 Å². The molecule has 0 bridgehead atoms. The predicted octanol–water partition coefficient (Wildman–Crippen LogP) is 7.52. The molecule has 3 aliphatic rings. The van der Waals surface area contributed by atoms with E-state index in [0.717, 1.165) is 31.4 Å². The highest BCUT2D eigenvalue weighted by molar-refractivity contribution is 5.90. The molecule has 3 fully saturated rings. The van der Waals surface area contributed by atoms with Crippen LogP contribution in [0.3, 0.4) is 0 Å². The standard InChI is InChI=1S/C30H34F7N3O4/c1-18-13-14-27(19-7-3-2-4-8-19,40-26(41)39-23-12-11-20(17-22(23)31)44-30(35,36)37)25(38-18)43-24-10-6-5-9-21(24)28(15-16-42-28)29(32,33)34/h5-6,9-12,17-19,25,38H,2-4,7-8,13-16H2,1H3,(H2,39,40,41). The van der Waals surface area contributed by atoms with Crippen molar-refractivity contribution in [2.45, 2.75) is 94.2 Å². The molecule has 3 N–H and O–H groups in total. The maximum absolute atomic E-state index is 14.7. The van der Waals surface area contributed by atoms with Gasteiger partial charge < -0.3 is 24.8 Å². The number of piperidine rings is 1. The van der Waals surface area contributed by atoms with Crippen LogP contribution < -0.4 is 25.4 Å². The number of rotatable bonds is 7. The van der Waals surface area contributed by atoms with Gasteiger partial charge in [0.1, 0.15) is 17.3 Å². The third-order valence-electron chi connectivity index (χ3n) is 8.82. The number of ether oxygens (including phenoxy) is 3. The molecule has 242 valence electrons. The number of para-hydroxylation sites is 1. The minimum absolute atomic E-state index is 0.0372. The lowest BCUT2D eigenvalue weighted by Crippen LogP contribution is -2.71. The number of carbonyl (C=O) groups excluding carboxylic acids is 1. The summed E-state index contributed by atoms with van der Waals surface area (Å²) in [6, 6.07) is 7.18. The maximum atomic E-state index is 14.7. The van der Waals surface area contributed by atoms with Gasteiger partial charge in [-0.05, 0) is 56.7 Å². The van der Waals surface area contributed by atoms with Crippen molar-refractivity contribution >= 4 is 11.7 Å². The molecule has 0 spiro atoms. The number of benzene rings is 2. The summed E-state index contributed by atoms with van der Waals surface area (Å²) in [6.07, 6.45) is -5.78. The molecular weight excluding hydrogens is 599 g/mol. The van der Waals surface area contributed by atoms with E-state index in [0.29, 0.717) is 31.7 Å². The molecule has 0 aromatic heterocycles. The van der Waals surface area contributed by atoms with E-state index in [1.54, 1.807) is 6.07 Å². The summed E-state index contributed by atoms with van der Waals surface area (Å²) in [5, 5.41) is 8.67. The Bertz CT molecular complexity index is 1330. The molecule has 0 radical (unpaired) electrons. The fourth-order valence-electron chi connectivity index (χ4n) is 6.57. The van der Waals surface area contributed by atoms with E-state index in [1.165, 1.54) is 18.2 Å². The van der Waals surface area contributed by atoms with Crippen LogP contribution in [0.2, 0.25) is 0 Å². The molecule has 2 aromatic rings. The summed E-state index contributed by atoms with van der Waals surface area (Å²) in [5.41, 5.74) is -4.18. The summed E-state index contributed by atoms with van der Waals surface area (Å²) in [4.78, 5) is 13.4. The summed E-state index contributed by atoms with van der Waals surface area (Å²) >= 11 is 0. The SMILES string of the molecule is CC1CCC(NC(=O)Nc2ccc(OC(F)(F)F)cc2F)(C2CCCCC2)C(Oc2ccccc2C2(C(F)(F)F)CCO2)N1. The van der Waals surface area contributed by atoms with Crippen LogP contribution in [0.4, 0.5) is 41.2 Å². The zero-order valence-corrected chi connectivity index (χ0v) is 23.9. The predicted molar refractivity (Wildman–Crippen MR) is 146 cm³/mol. The minimum Gasteiger partial charge on any atom is -0.472 e. The number of carbonyl (C=O) groups is 1. The Morgan fingerprint density at radius 3 is 2.32 bits per heavy atom. The Balaban J connectivity index is 1.45. The number of hydrogen-bond donors (Lipinski definition) is 3. The van der Waals surface area contributed by atoms with Crippen LogP contribution in [0, 0.1) is 11.7 Å². The summed E-state index contributed by atoms with van der Waals surface area (Å²) in [7, 11) is 0. The van der Waals surface area contributed by atoms with Gasteiger partial charge in [0.15, 0.2) is 11.8 Å². The first-order valence-electron chi connectivity index (χ1n) is 14.6. The third-order valence-corrected chi connectivity index (χ3v) is 8.82. The molecule has 2 amide bonds. The number of halogens is 7. The van der Waals surface area contributed by atoms with Crippen molar-refractivity contribution in [2.75, 3.05) is 11.9 Å². The lowest BCUT2D eigenvalue weighted by Gasteiger charge is -2.52. The van der Waals surface area contributed by atoms with E-state index in [-0.39, 0.29) is 42.0 Å². The van der Waals surface area contributed by atoms with Crippen LogP contribution in [-0.2, 0) is 10.3 Å². The number of alkyl halides is 6. The number of nitrogens with one attached hydrogen (secondary N) is 3. The second-order valence-corrected chi connectivity index (χ2v) is 11.7. The molecule has 4 atom stereocenters. The fourth-order valence-corrected chi connectivity index (χ4v) is 6.57. The molecule has 5 rings (SSSR count). The van der Waals surface area contributed by atoms with Crippen molar-refractivity contribution < 1.29 is 49.7 Å². The zero-order valence-electron chi connectivity index (χ0n) is 23.9. The van der Waals surface area contributed by atoms with Crippen LogP contribution in [0.5, 0.6) is 11.5 Å². The molecule has 7 nitrogen and oxygen atoms in total. The second kappa shape index (κ2) is 12.3. The number of urea groups is 1. The third kappa shape index (κ3) is 6.56. The lowest BCUT2D eigenvalue weighted by atomic mass is 9.69. The van der Waals surface area contributed by atoms with Crippen LogP contribution in [0.25, 0.3) is 0 Å². The fraction of sp³-hybridized carbons (Fsp3) is 0.567. The van der Waals surface area contributed by atoms with Gasteiger partial charge in [-0.15, -0.1) is 13.2 Å². The molecule has 2 saturated heterocycles. The lowest BCUT2D eigenvalue weighted by molar-refractivity contribution is -0.334. The van der Waals surface area contributed by atoms with Crippen LogP contribution in [0.1, 0.15) is 63.9 Å². The second-order valence-electron chi connectivity index (χ2n) is 11.7. The zero-order chi connectivity index (χ0) is 31.8. The van der Waals surface area contributed by atoms with Crippen LogP contribution in [-0.4, -0.2) is 43.0 Å². The largest absolute Gasteiger partial charge is 0.573 e. The Labute approximate surface area is 249 Å². The topological polar surface area (TPSA) is 80.9 Å². The van der Waals surface area contributed by atoms with Crippen molar-refractivity contribution in [1.82, 2.24) is 10.6 Å². The highest BCUT2D eigenvalue weighted by atomic mass is 19.4. The van der Waals surface area contributed by atoms with Gasteiger partial charge in [-0.25, -0.2) is 9.18 Å². The number of amides is 2. The van der Waals surface area contributed by atoms with Gasteiger partial charge in [-0.3, -0.25) is 5.32 Å². The van der Waals surface area contributed by atoms with E-state index >= 15 is 0 Å². The summed E-state index contributed by atoms with van der Waals surface area (Å²) in [5.74, 6) is -2.11. The van der Waals surface area contributed by atoms with Crippen molar-refractivity contribution in [1.29, 1.82) is 0 Å². The average molecular weight is 634 g/mol. The maximum Gasteiger partial charge on any atom is 0.573 e. The number of hydrogen-bond acceptors (Lipinski definition) is 5. The first kappa shape index (κ1) is 32.1. The van der Waals surface area contributed by atoms with Crippen molar-refractivity contribution in [3.05, 3.63) is 53.8 Å². The summed E-state index contributed by atoms with van der Waals surface area (Å²) < 4.78 is 110. The molecule has 1 saturated carbocycles. The van der Waals surface area contributed by atoms with E-state index < -0.39 is 47.5 Å². The monoisotopic (exact) mass is 633 g/mol. The van der Waals surface area contributed by atoms with Crippen molar-refractivity contribution in [3.63, 3.8) is 0 Å². The molecule has 2 aliphatic heterocycles. The van der Waals surface area contributed by atoms with Gasteiger partial charge in [0.25, 0.3) is 0 Å². The first-order valence-corrected chi connectivity index (χ1v) is 14.6. The van der Waals surface area contributed by atoms with Gasteiger partial charge >= 0.3 is 18.6 Å². The van der Waals surface area contributed by atoms with E-state index in [4.69, 9.17) is 9.47 Å². The normalized spacial score (nSPS) is 28.1. The van der Waals surface area contributed by atoms with Gasteiger partial charge in [0, 0.05) is 24.1 Å². The molecule has 1 aliphatic carbocycles. The molecule has 2 aromatic carbocycles. The molecule has 2 heterocycles. The Morgan fingerprint density at radius 2 is 1.70 bits per heavy atom. The Morgan fingerprint density at radius 1 is 1.00 bits per heavy atom. The number of anilines is 1. The van der Waals surface area contributed by atoms with E-state index in [1.807, 2.05) is 6.92 Å². The Hall–Kier alpha value is -3.26. The summed E-state index contributed by atoms with van der Waals surface area (Å²) in [6.45, 7) is 1.85. The average Bonchev–Trinajstić information content (AvgIpc) is 2.91. The van der Waals surface area contributed by atoms with Gasteiger partial charge in [-0.2, -0.15) is 13.2 Å². The molecule has 4 unspecified atom stereocenters. The quantitative estimate of drug-likeness (QED) is 0.275. The molecule has 44 heavy (non-hydrogen) atoms. The minimum atomic E-state index is -5.02.